The third-order valence-corrected chi connectivity index (χ3v) is 3.46. The second kappa shape index (κ2) is 5.45. The maximum absolute atomic E-state index is 13.5. The van der Waals surface area contributed by atoms with Crippen molar-refractivity contribution < 1.29 is 22.0 Å². The first-order chi connectivity index (χ1) is 8.88. The van der Waals surface area contributed by atoms with Crippen LogP contribution in [0.15, 0.2) is 18.2 Å². The summed E-state index contributed by atoms with van der Waals surface area (Å²) in [6.45, 7) is 0.242. The zero-order valence-electron chi connectivity index (χ0n) is 10.1. The lowest BCUT2D eigenvalue weighted by Crippen LogP contribution is -2.43. The summed E-state index contributed by atoms with van der Waals surface area (Å²) in [6, 6.07) is 3.28. The molecule has 1 aliphatic heterocycles. The highest BCUT2D eigenvalue weighted by molar-refractivity contribution is 5.20. The smallest absolute Gasteiger partial charge is 0.314 e. The second-order valence-corrected chi connectivity index (χ2v) is 4.83. The number of benzene rings is 1. The molecule has 0 saturated carbocycles. The van der Waals surface area contributed by atoms with Gasteiger partial charge >= 0.3 is 6.18 Å². The molecule has 1 aromatic carbocycles. The molecule has 1 saturated heterocycles. The molecule has 2 atom stereocenters. The molecule has 1 fully saturated rings. The van der Waals surface area contributed by atoms with Crippen molar-refractivity contribution >= 4 is 0 Å². The topological polar surface area (TPSA) is 12.0 Å². The van der Waals surface area contributed by atoms with Gasteiger partial charge in [0.1, 0.15) is 0 Å². The van der Waals surface area contributed by atoms with Gasteiger partial charge in [0.15, 0.2) is 11.6 Å². The van der Waals surface area contributed by atoms with Crippen LogP contribution >= 0.6 is 0 Å². The lowest BCUT2D eigenvalue weighted by molar-refractivity contribution is -0.183. The predicted octanol–water partition coefficient (Wildman–Crippen LogP) is 3.44. The van der Waals surface area contributed by atoms with Gasteiger partial charge in [-0.1, -0.05) is 12.1 Å². The Bertz CT molecular complexity index is 443. The Morgan fingerprint density at radius 2 is 1.95 bits per heavy atom. The van der Waals surface area contributed by atoms with E-state index in [1.165, 1.54) is 12.1 Å². The van der Waals surface area contributed by atoms with E-state index in [-0.39, 0.29) is 31.4 Å². The van der Waals surface area contributed by atoms with Crippen LogP contribution in [0.5, 0.6) is 0 Å². The van der Waals surface area contributed by atoms with Crippen LogP contribution in [0.1, 0.15) is 18.4 Å². The summed E-state index contributed by atoms with van der Waals surface area (Å²) in [7, 11) is 0. The standard InChI is InChI=1S/C13H14F5N/c14-11-3-1-2-8(12(11)15)6-10-7-9(4-5-19-10)13(16,17)18/h1-3,9-10,19H,4-7H2. The number of hydrogen-bond donors (Lipinski definition) is 1. The second-order valence-electron chi connectivity index (χ2n) is 4.83. The Hall–Kier alpha value is -1.17. The lowest BCUT2D eigenvalue weighted by atomic mass is 9.88. The molecule has 106 valence electrons. The van der Waals surface area contributed by atoms with Crippen molar-refractivity contribution in [3.8, 4) is 0 Å². The summed E-state index contributed by atoms with van der Waals surface area (Å²) in [6.07, 6.45) is -4.22. The van der Waals surface area contributed by atoms with Gasteiger partial charge in [0.05, 0.1) is 5.92 Å². The summed E-state index contributed by atoms with van der Waals surface area (Å²) in [4.78, 5) is 0. The van der Waals surface area contributed by atoms with Crippen LogP contribution in [0.25, 0.3) is 0 Å². The van der Waals surface area contributed by atoms with Crippen molar-refractivity contribution in [1.29, 1.82) is 0 Å². The monoisotopic (exact) mass is 279 g/mol. The average molecular weight is 279 g/mol. The molecule has 2 rings (SSSR count). The molecule has 0 amide bonds. The number of alkyl halides is 3. The minimum absolute atomic E-state index is 0.0334. The van der Waals surface area contributed by atoms with E-state index in [4.69, 9.17) is 0 Å². The highest BCUT2D eigenvalue weighted by Crippen LogP contribution is 2.34. The fourth-order valence-electron chi connectivity index (χ4n) is 2.43. The Balaban J connectivity index is 2.05. The van der Waals surface area contributed by atoms with Crippen molar-refractivity contribution in [3.05, 3.63) is 35.4 Å². The average Bonchev–Trinajstić information content (AvgIpc) is 2.34. The number of piperidine rings is 1. The summed E-state index contributed by atoms with van der Waals surface area (Å²) in [5.41, 5.74) is 0.111. The molecule has 0 aliphatic carbocycles. The zero-order chi connectivity index (χ0) is 14.0. The Kier molecular flexibility index (Phi) is 4.08. The molecule has 19 heavy (non-hydrogen) atoms. The predicted molar refractivity (Wildman–Crippen MR) is 60.6 cm³/mol. The van der Waals surface area contributed by atoms with Gasteiger partial charge in [-0.05, 0) is 37.4 Å². The van der Waals surface area contributed by atoms with Crippen molar-refractivity contribution in [1.82, 2.24) is 5.32 Å². The Labute approximate surface area is 107 Å². The van der Waals surface area contributed by atoms with Crippen molar-refractivity contribution in [2.75, 3.05) is 6.54 Å². The third kappa shape index (κ3) is 3.43. The normalized spacial score (nSPS) is 24.5. The Morgan fingerprint density at radius 1 is 1.21 bits per heavy atom. The number of nitrogens with one attached hydrogen (secondary N) is 1. The number of rotatable bonds is 2. The lowest BCUT2D eigenvalue weighted by Gasteiger charge is -2.31. The van der Waals surface area contributed by atoms with Crippen LogP contribution in [0, 0.1) is 17.6 Å². The van der Waals surface area contributed by atoms with E-state index in [1.807, 2.05) is 0 Å². The quantitative estimate of drug-likeness (QED) is 0.818. The highest BCUT2D eigenvalue weighted by Gasteiger charge is 2.42. The number of hydrogen-bond acceptors (Lipinski definition) is 1. The molecule has 1 nitrogen and oxygen atoms in total. The van der Waals surface area contributed by atoms with Crippen molar-refractivity contribution in [3.63, 3.8) is 0 Å². The maximum Gasteiger partial charge on any atom is 0.391 e. The maximum atomic E-state index is 13.5. The summed E-state index contributed by atoms with van der Waals surface area (Å²) >= 11 is 0. The zero-order valence-corrected chi connectivity index (χ0v) is 10.1. The molecule has 0 spiro atoms. The van der Waals surface area contributed by atoms with E-state index < -0.39 is 29.8 Å². The molecule has 2 unspecified atom stereocenters. The Morgan fingerprint density at radius 3 is 2.63 bits per heavy atom. The van der Waals surface area contributed by atoms with Gasteiger partial charge in [-0.15, -0.1) is 0 Å². The van der Waals surface area contributed by atoms with Crippen LogP contribution in [-0.2, 0) is 6.42 Å². The molecule has 1 N–H and O–H groups in total. The van der Waals surface area contributed by atoms with E-state index in [0.29, 0.717) is 0 Å². The summed E-state index contributed by atoms with van der Waals surface area (Å²) in [5, 5.41) is 2.93. The van der Waals surface area contributed by atoms with Gasteiger partial charge in [0.2, 0.25) is 0 Å². The molecule has 1 aromatic rings. The first kappa shape index (κ1) is 14.2. The molecular formula is C13H14F5N. The summed E-state index contributed by atoms with van der Waals surface area (Å²) in [5.74, 6) is -3.31. The van der Waals surface area contributed by atoms with E-state index in [2.05, 4.69) is 5.32 Å². The molecular weight excluding hydrogens is 265 g/mol. The van der Waals surface area contributed by atoms with Gasteiger partial charge < -0.3 is 5.32 Å². The minimum atomic E-state index is -4.22. The minimum Gasteiger partial charge on any atom is -0.314 e. The van der Waals surface area contributed by atoms with E-state index in [1.54, 1.807) is 0 Å². The van der Waals surface area contributed by atoms with Crippen LogP contribution < -0.4 is 5.32 Å². The van der Waals surface area contributed by atoms with Crippen LogP contribution in [-0.4, -0.2) is 18.8 Å². The largest absolute Gasteiger partial charge is 0.391 e. The van der Waals surface area contributed by atoms with E-state index in [9.17, 15) is 22.0 Å². The molecule has 1 heterocycles. The molecule has 6 heteroatoms. The van der Waals surface area contributed by atoms with Gasteiger partial charge in [-0.25, -0.2) is 8.78 Å². The molecule has 1 aliphatic rings. The van der Waals surface area contributed by atoms with Gasteiger partial charge in [0, 0.05) is 6.04 Å². The fourth-order valence-corrected chi connectivity index (χ4v) is 2.43. The molecule has 0 bridgehead atoms. The van der Waals surface area contributed by atoms with Crippen molar-refractivity contribution in [2.45, 2.75) is 31.5 Å². The highest BCUT2D eigenvalue weighted by atomic mass is 19.4. The first-order valence-corrected chi connectivity index (χ1v) is 6.11. The van der Waals surface area contributed by atoms with Gasteiger partial charge in [-0.3, -0.25) is 0 Å². The summed E-state index contributed by atoms with van der Waals surface area (Å²) < 4.78 is 64.4. The van der Waals surface area contributed by atoms with Crippen molar-refractivity contribution in [2.24, 2.45) is 5.92 Å². The van der Waals surface area contributed by atoms with E-state index in [0.717, 1.165) is 6.07 Å². The van der Waals surface area contributed by atoms with Gasteiger partial charge in [-0.2, -0.15) is 13.2 Å². The van der Waals surface area contributed by atoms with Crippen LogP contribution in [0.4, 0.5) is 22.0 Å². The van der Waals surface area contributed by atoms with E-state index >= 15 is 0 Å². The SMILES string of the molecule is Fc1cccc(CC2CC(C(F)(F)F)CCN2)c1F. The third-order valence-electron chi connectivity index (χ3n) is 3.46. The van der Waals surface area contributed by atoms with Crippen LogP contribution in [0.2, 0.25) is 0 Å². The number of halogens is 5. The molecule has 0 radical (unpaired) electrons. The molecule has 0 aromatic heterocycles. The first-order valence-electron chi connectivity index (χ1n) is 6.11. The fraction of sp³-hybridized carbons (Fsp3) is 0.538. The van der Waals surface area contributed by atoms with Crippen LogP contribution in [0.3, 0.4) is 0 Å². The van der Waals surface area contributed by atoms with Gasteiger partial charge in [0.25, 0.3) is 0 Å².